The molecular formula is C18H20N2O4S. The minimum absolute atomic E-state index is 0.440. The molecule has 0 fully saturated rings. The SMILES string of the molecule is Cc1ccc(NC(=O)NC(=O)COC(=O)c2cc(C)sc2C)c(C)c1. The second-order valence-corrected chi connectivity index (χ2v) is 7.18. The third kappa shape index (κ3) is 5.15. The molecule has 0 aliphatic rings. The number of carbonyl (C=O) groups excluding carboxylic acids is 3. The highest BCUT2D eigenvalue weighted by molar-refractivity contribution is 7.12. The van der Waals surface area contributed by atoms with Gasteiger partial charge in [-0.05, 0) is 45.4 Å². The van der Waals surface area contributed by atoms with Crippen LogP contribution in [0.5, 0.6) is 0 Å². The van der Waals surface area contributed by atoms with Crippen molar-refractivity contribution in [3.05, 3.63) is 50.7 Å². The highest BCUT2D eigenvalue weighted by Crippen LogP contribution is 2.21. The summed E-state index contributed by atoms with van der Waals surface area (Å²) >= 11 is 1.48. The van der Waals surface area contributed by atoms with Gasteiger partial charge in [0.25, 0.3) is 5.91 Å². The molecule has 2 rings (SSSR count). The molecule has 132 valence electrons. The first-order chi connectivity index (χ1) is 11.8. The van der Waals surface area contributed by atoms with E-state index in [1.54, 1.807) is 12.1 Å². The van der Waals surface area contributed by atoms with Gasteiger partial charge in [-0.3, -0.25) is 10.1 Å². The second kappa shape index (κ2) is 7.94. The van der Waals surface area contributed by atoms with Crippen molar-refractivity contribution >= 4 is 34.9 Å². The summed E-state index contributed by atoms with van der Waals surface area (Å²) in [4.78, 5) is 37.4. The van der Waals surface area contributed by atoms with Crippen molar-refractivity contribution in [2.45, 2.75) is 27.7 Å². The van der Waals surface area contributed by atoms with Crippen LogP contribution >= 0.6 is 11.3 Å². The molecule has 0 saturated heterocycles. The lowest BCUT2D eigenvalue weighted by Crippen LogP contribution is -2.37. The zero-order valence-corrected chi connectivity index (χ0v) is 15.4. The van der Waals surface area contributed by atoms with Crippen molar-refractivity contribution in [3.8, 4) is 0 Å². The summed E-state index contributed by atoms with van der Waals surface area (Å²) in [6.07, 6.45) is 0. The van der Waals surface area contributed by atoms with Crippen LogP contribution in [0.25, 0.3) is 0 Å². The maximum atomic E-state index is 11.9. The van der Waals surface area contributed by atoms with Crippen LogP contribution < -0.4 is 10.6 Å². The van der Waals surface area contributed by atoms with Crippen LogP contribution in [0.1, 0.15) is 31.2 Å². The van der Waals surface area contributed by atoms with Crippen LogP contribution in [0.2, 0.25) is 0 Å². The second-order valence-electron chi connectivity index (χ2n) is 5.72. The molecule has 1 aromatic carbocycles. The topological polar surface area (TPSA) is 84.5 Å². The van der Waals surface area contributed by atoms with Crippen LogP contribution in [0.4, 0.5) is 10.5 Å². The predicted octanol–water partition coefficient (Wildman–Crippen LogP) is 3.49. The number of urea groups is 1. The predicted molar refractivity (Wildman–Crippen MR) is 97.2 cm³/mol. The minimum Gasteiger partial charge on any atom is -0.452 e. The van der Waals surface area contributed by atoms with Gasteiger partial charge in [-0.25, -0.2) is 9.59 Å². The summed E-state index contributed by atoms with van der Waals surface area (Å²) in [5.41, 5.74) is 3.01. The Kier molecular flexibility index (Phi) is 5.93. The van der Waals surface area contributed by atoms with Gasteiger partial charge >= 0.3 is 12.0 Å². The lowest BCUT2D eigenvalue weighted by Gasteiger charge is -2.10. The molecule has 0 radical (unpaired) electrons. The molecular weight excluding hydrogens is 340 g/mol. The number of aryl methyl sites for hydroxylation is 4. The number of ether oxygens (including phenoxy) is 1. The number of rotatable bonds is 4. The molecule has 25 heavy (non-hydrogen) atoms. The largest absolute Gasteiger partial charge is 0.452 e. The molecule has 0 atom stereocenters. The molecule has 0 unspecified atom stereocenters. The fraction of sp³-hybridized carbons (Fsp3) is 0.278. The Morgan fingerprint density at radius 1 is 1.08 bits per heavy atom. The Bertz CT molecular complexity index is 826. The quantitative estimate of drug-likeness (QED) is 0.818. The van der Waals surface area contributed by atoms with Gasteiger partial charge in [0.1, 0.15) is 0 Å². The van der Waals surface area contributed by atoms with Crippen molar-refractivity contribution in [2.24, 2.45) is 0 Å². The lowest BCUT2D eigenvalue weighted by atomic mass is 10.1. The molecule has 0 bridgehead atoms. The average molecular weight is 360 g/mol. The van der Waals surface area contributed by atoms with Gasteiger partial charge in [-0.1, -0.05) is 17.7 Å². The smallest absolute Gasteiger partial charge is 0.339 e. The van der Waals surface area contributed by atoms with Gasteiger partial charge < -0.3 is 10.1 Å². The Morgan fingerprint density at radius 3 is 2.40 bits per heavy atom. The van der Waals surface area contributed by atoms with E-state index >= 15 is 0 Å². The van der Waals surface area contributed by atoms with Crippen LogP contribution in [-0.4, -0.2) is 24.5 Å². The number of hydrogen-bond donors (Lipinski definition) is 2. The first-order valence-electron chi connectivity index (χ1n) is 7.68. The van der Waals surface area contributed by atoms with Gasteiger partial charge in [-0.15, -0.1) is 11.3 Å². The van der Waals surface area contributed by atoms with E-state index in [-0.39, 0.29) is 0 Å². The van der Waals surface area contributed by atoms with E-state index < -0.39 is 24.5 Å². The Hall–Kier alpha value is -2.67. The van der Waals surface area contributed by atoms with Crippen LogP contribution in [0.3, 0.4) is 0 Å². The number of nitrogens with one attached hydrogen (secondary N) is 2. The van der Waals surface area contributed by atoms with Gasteiger partial charge in [-0.2, -0.15) is 0 Å². The summed E-state index contributed by atoms with van der Waals surface area (Å²) < 4.78 is 4.95. The zero-order chi connectivity index (χ0) is 18.6. The Morgan fingerprint density at radius 2 is 1.80 bits per heavy atom. The minimum atomic E-state index is -0.694. The highest BCUT2D eigenvalue weighted by Gasteiger charge is 2.16. The number of imide groups is 1. The summed E-state index contributed by atoms with van der Waals surface area (Å²) in [6, 6.07) is 6.58. The number of anilines is 1. The van der Waals surface area contributed by atoms with E-state index in [0.717, 1.165) is 20.9 Å². The molecule has 1 aromatic heterocycles. The summed E-state index contributed by atoms with van der Waals surface area (Å²) in [7, 11) is 0. The Balaban J connectivity index is 1.84. The molecule has 2 N–H and O–H groups in total. The standard InChI is InChI=1S/C18H20N2O4S/c1-10-5-6-15(11(2)7-10)19-18(23)20-16(21)9-24-17(22)14-8-12(3)25-13(14)4/h5-8H,9H2,1-4H3,(H2,19,20,21,23). The number of carbonyl (C=O) groups is 3. The third-order valence-electron chi connectivity index (χ3n) is 3.48. The monoisotopic (exact) mass is 360 g/mol. The molecule has 6 nitrogen and oxygen atoms in total. The van der Waals surface area contributed by atoms with Crippen molar-refractivity contribution in [1.29, 1.82) is 0 Å². The molecule has 0 spiro atoms. The van der Waals surface area contributed by atoms with E-state index in [0.29, 0.717) is 11.3 Å². The van der Waals surface area contributed by atoms with Crippen LogP contribution in [-0.2, 0) is 9.53 Å². The van der Waals surface area contributed by atoms with Gasteiger partial charge in [0.15, 0.2) is 6.61 Å². The van der Waals surface area contributed by atoms with E-state index in [1.807, 2.05) is 39.8 Å². The maximum Gasteiger partial charge on any atom is 0.339 e. The van der Waals surface area contributed by atoms with Crippen molar-refractivity contribution < 1.29 is 19.1 Å². The fourth-order valence-corrected chi connectivity index (χ4v) is 3.22. The van der Waals surface area contributed by atoms with Crippen molar-refractivity contribution in [3.63, 3.8) is 0 Å². The zero-order valence-electron chi connectivity index (χ0n) is 14.6. The summed E-state index contributed by atoms with van der Waals surface area (Å²) in [5, 5.41) is 4.72. The first kappa shape index (κ1) is 18.7. The van der Waals surface area contributed by atoms with Crippen molar-refractivity contribution in [2.75, 3.05) is 11.9 Å². The number of hydrogen-bond acceptors (Lipinski definition) is 5. The van der Waals surface area contributed by atoms with Crippen LogP contribution in [0.15, 0.2) is 24.3 Å². The molecule has 0 aliphatic carbocycles. The highest BCUT2D eigenvalue weighted by atomic mass is 32.1. The van der Waals surface area contributed by atoms with Gasteiger partial charge in [0.05, 0.1) is 5.56 Å². The van der Waals surface area contributed by atoms with Gasteiger partial charge in [0, 0.05) is 15.4 Å². The molecule has 2 aromatic rings. The molecule has 1 heterocycles. The number of benzene rings is 1. The average Bonchev–Trinajstić information content (AvgIpc) is 2.86. The van der Waals surface area contributed by atoms with Gasteiger partial charge in [0.2, 0.25) is 0 Å². The van der Waals surface area contributed by atoms with E-state index in [2.05, 4.69) is 10.6 Å². The lowest BCUT2D eigenvalue weighted by molar-refractivity contribution is -0.123. The van der Waals surface area contributed by atoms with Crippen LogP contribution in [0, 0.1) is 27.7 Å². The molecule has 7 heteroatoms. The summed E-state index contributed by atoms with van der Waals surface area (Å²) in [5.74, 6) is -1.27. The normalized spacial score (nSPS) is 10.2. The molecule has 3 amide bonds. The number of esters is 1. The molecule has 0 saturated carbocycles. The van der Waals surface area contributed by atoms with E-state index in [9.17, 15) is 14.4 Å². The summed E-state index contributed by atoms with van der Waals surface area (Å²) in [6.45, 7) is 6.99. The number of amides is 3. The number of thiophene rings is 1. The van der Waals surface area contributed by atoms with E-state index in [4.69, 9.17) is 4.74 Å². The van der Waals surface area contributed by atoms with Crippen molar-refractivity contribution in [1.82, 2.24) is 5.32 Å². The maximum absolute atomic E-state index is 11.9. The fourth-order valence-electron chi connectivity index (χ4n) is 2.31. The molecule has 0 aliphatic heterocycles. The first-order valence-corrected chi connectivity index (χ1v) is 8.50. The van der Waals surface area contributed by atoms with E-state index in [1.165, 1.54) is 11.3 Å². The third-order valence-corrected chi connectivity index (χ3v) is 4.44. The Labute approximate surface area is 150 Å².